The molecule has 0 aliphatic carbocycles. The summed E-state index contributed by atoms with van der Waals surface area (Å²) in [6.07, 6.45) is 0. The molecular formula is H12Ba6. The van der Waals surface area contributed by atoms with Crippen molar-refractivity contribution in [1.82, 2.24) is 0 Å². The Morgan fingerprint density at radius 1 is 0.333 bits per heavy atom. The molecule has 0 saturated carbocycles. The molecule has 0 aromatic carbocycles. The van der Waals surface area contributed by atoms with Crippen molar-refractivity contribution in [3.05, 3.63) is 0 Å². The van der Waals surface area contributed by atoms with E-state index in [0.29, 0.717) is 0 Å². The quantitative estimate of drug-likeness (QED) is 0.277. The fraction of sp³-hybridized carbons (Fsp3) is 0. The van der Waals surface area contributed by atoms with Crippen molar-refractivity contribution in [3.63, 3.8) is 0 Å². The molecule has 0 aromatic heterocycles. The van der Waals surface area contributed by atoms with E-state index < -0.39 is 0 Å². The molecule has 0 aliphatic rings. The molecule has 0 nitrogen and oxygen atoms in total. The fourth-order valence-electron chi connectivity index (χ4n) is 0. The van der Waals surface area contributed by atoms with Crippen LogP contribution in [-0.4, -0.2) is 293 Å². The summed E-state index contributed by atoms with van der Waals surface area (Å²) >= 11 is 0. The van der Waals surface area contributed by atoms with Crippen LogP contribution in [0.25, 0.3) is 0 Å². The largest absolute Gasteiger partial charge is 2.00 e. The molecule has 0 rings (SSSR count). The first kappa shape index (κ1) is 36.1. The molecule has 6 heavy (non-hydrogen) atoms. The van der Waals surface area contributed by atoms with E-state index >= 15 is 0 Å². The standard InChI is InChI=1S/6Ba.12H/q6*+2;12*-1. The number of hydrogen-bond acceptors (Lipinski definition) is 0. The third-order valence-corrected chi connectivity index (χ3v) is 0. The Hall–Kier alpha value is 9.43. The van der Waals surface area contributed by atoms with E-state index in [2.05, 4.69) is 0 Å². The van der Waals surface area contributed by atoms with Gasteiger partial charge in [0.05, 0.1) is 0 Å². The SMILES string of the molecule is [Ba+2].[Ba+2].[Ba+2].[Ba+2].[Ba+2].[Ba+2].[H-].[H-].[H-].[H-].[H-].[H-].[H-].[H-].[H-].[H-].[H-].[H-]. The van der Waals surface area contributed by atoms with Crippen LogP contribution < -0.4 is 0 Å². The Morgan fingerprint density at radius 2 is 0.333 bits per heavy atom. The zero-order chi connectivity index (χ0) is 0. The van der Waals surface area contributed by atoms with Crippen molar-refractivity contribution in [1.29, 1.82) is 0 Å². The van der Waals surface area contributed by atoms with E-state index in [1.807, 2.05) is 0 Å². The van der Waals surface area contributed by atoms with Gasteiger partial charge < -0.3 is 17.1 Å². The van der Waals surface area contributed by atoms with Gasteiger partial charge in [-0.3, -0.25) is 0 Å². The van der Waals surface area contributed by atoms with Crippen molar-refractivity contribution in [2.75, 3.05) is 0 Å². The minimum Gasteiger partial charge on any atom is -1.00 e. The van der Waals surface area contributed by atoms with Gasteiger partial charge in [-0.2, -0.15) is 0 Å². The Bertz CT molecular complexity index is 16.5. The van der Waals surface area contributed by atoms with Crippen LogP contribution in [0.15, 0.2) is 0 Å². The molecule has 0 spiro atoms. The molecule has 0 N–H and O–H groups in total. The van der Waals surface area contributed by atoms with E-state index in [0.717, 1.165) is 0 Å². The predicted molar refractivity (Wildman–Crippen MR) is 47.9 cm³/mol. The van der Waals surface area contributed by atoms with E-state index in [-0.39, 0.29) is 310 Å². The molecule has 0 unspecified atom stereocenters. The average Bonchev–Trinajstić information content (AvgIpc) is 0. The molecule has 0 bridgehead atoms. The molecule has 0 aliphatic heterocycles. The summed E-state index contributed by atoms with van der Waals surface area (Å²) in [5, 5.41) is 0. The molecule has 0 atom stereocenters. The van der Waals surface area contributed by atoms with Gasteiger partial charge in [0.25, 0.3) is 0 Å². The van der Waals surface area contributed by atoms with Crippen LogP contribution in [0.3, 0.4) is 0 Å². The molecule has 6 heteroatoms. The van der Waals surface area contributed by atoms with Gasteiger partial charge in [-0.25, -0.2) is 0 Å². The van der Waals surface area contributed by atoms with Crippen molar-refractivity contribution in [2.45, 2.75) is 0 Å². The van der Waals surface area contributed by atoms with Crippen molar-refractivity contribution in [2.24, 2.45) is 0 Å². The van der Waals surface area contributed by atoms with E-state index in [1.165, 1.54) is 0 Å². The third kappa shape index (κ3) is 23.3. The third-order valence-electron chi connectivity index (χ3n) is 0. The smallest absolute Gasteiger partial charge is 1.00 e. The van der Waals surface area contributed by atoms with Gasteiger partial charge in [0.15, 0.2) is 0 Å². The first-order chi connectivity index (χ1) is 0. The second-order valence-electron chi connectivity index (χ2n) is 0. The van der Waals surface area contributed by atoms with Gasteiger partial charge >= 0.3 is 293 Å². The maximum absolute atomic E-state index is 0. The van der Waals surface area contributed by atoms with E-state index in [1.54, 1.807) is 0 Å². The molecule has 0 saturated heterocycles. The topological polar surface area (TPSA) is 0 Å². The predicted octanol–water partition coefficient (Wildman–Crippen LogP) is -0.935. The maximum atomic E-state index is 0. The van der Waals surface area contributed by atoms with E-state index in [9.17, 15) is 0 Å². The normalized spacial score (nSPS) is 0. The van der Waals surface area contributed by atoms with Crippen LogP contribution in [0.4, 0.5) is 0 Å². The molecule has 0 fully saturated rings. The van der Waals surface area contributed by atoms with Gasteiger partial charge in [-0.1, -0.05) is 0 Å². The van der Waals surface area contributed by atoms with Crippen LogP contribution in [0, 0.1) is 0 Å². The van der Waals surface area contributed by atoms with Gasteiger partial charge in [-0.05, 0) is 0 Å². The molecule has 0 heterocycles. The second kappa shape index (κ2) is 29.3. The molecular weight excluding hydrogens is 824 g/mol. The van der Waals surface area contributed by atoms with Gasteiger partial charge in [0, 0.05) is 0 Å². The van der Waals surface area contributed by atoms with Gasteiger partial charge in [-0.15, -0.1) is 0 Å². The zero-order valence-corrected chi connectivity index (χ0v) is 30.9. The zero-order valence-electron chi connectivity index (χ0n) is 16.2. The van der Waals surface area contributed by atoms with Crippen LogP contribution >= 0.6 is 0 Å². The van der Waals surface area contributed by atoms with Crippen LogP contribution in [0.5, 0.6) is 0 Å². The summed E-state index contributed by atoms with van der Waals surface area (Å²) in [5.74, 6) is 0. The summed E-state index contributed by atoms with van der Waals surface area (Å²) in [7, 11) is 0. The minimum absolute atomic E-state index is 0. The summed E-state index contributed by atoms with van der Waals surface area (Å²) in [4.78, 5) is 0. The van der Waals surface area contributed by atoms with Gasteiger partial charge in [0.2, 0.25) is 0 Å². The summed E-state index contributed by atoms with van der Waals surface area (Å²) in [6, 6.07) is 0. The van der Waals surface area contributed by atoms with Crippen LogP contribution in [0.1, 0.15) is 17.1 Å². The Kier molecular flexibility index (Phi) is 176. The number of hydrogen-bond donors (Lipinski definition) is 0. The summed E-state index contributed by atoms with van der Waals surface area (Å²) in [6.45, 7) is 0. The Morgan fingerprint density at radius 3 is 0.333 bits per heavy atom. The molecule has 24 valence electrons. The summed E-state index contributed by atoms with van der Waals surface area (Å²) in [5.41, 5.74) is 0. The fourth-order valence-corrected chi connectivity index (χ4v) is 0. The summed E-state index contributed by atoms with van der Waals surface area (Å²) < 4.78 is 0. The average molecular weight is 836 g/mol. The monoisotopic (exact) mass is 840 g/mol. The second-order valence-corrected chi connectivity index (χ2v) is 0. The Balaban J connectivity index is 0. The van der Waals surface area contributed by atoms with Crippen molar-refractivity contribution < 1.29 is 17.1 Å². The van der Waals surface area contributed by atoms with Gasteiger partial charge in [0.1, 0.15) is 0 Å². The maximum Gasteiger partial charge on any atom is 2.00 e. The Labute approximate surface area is 299 Å². The van der Waals surface area contributed by atoms with E-state index in [4.69, 9.17) is 0 Å². The van der Waals surface area contributed by atoms with Crippen LogP contribution in [-0.2, 0) is 0 Å². The minimum atomic E-state index is 0. The molecule has 0 amide bonds. The molecule has 0 aromatic rings. The van der Waals surface area contributed by atoms with Crippen molar-refractivity contribution >= 4 is 293 Å². The first-order valence-electron chi connectivity index (χ1n) is 0. The van der Waals surface area contributed by atoms with Crippen LogP contribution in [0.2, 0.25) is 0 Å². The van der Waals surface area contributed by atoms with Crippen molar-refractivity contribution in [3.8, 4) is 0 Å². The first-order valence-corrected chi connectivity index (χ1v) is 0. The molecule has 0 radical (unpaired) electrons. The number of rotatable bonds is 0.